The Bertz CT molecular complexity index is 1210. The largest absolute Gasteiger partial charge is 0.494 e. The molecule has 2 aromatic heterocycles. The Hall–Kier alpha value is -3.60. The summed E-state index contributed by atoms with van der Waals surface area (Å²) in [5, 5.41) is 11.9. The number of benzene rings is 1. The van der Waals surface area contributed by atoms with Crippen molar-refractivity contribution in [1.82, 2.24) is 25.0 Å². The van der Waals surface area contributed by atoms with E-state index in [9.17, 15) is 9.59 Å². The lowest BCUT2D eigenvalue weighted by atomic mass is 10.1. The number of aromatic nitrogens is 3. The molecule has 0 unspecified atom stereocenters. The molecule has 0 atom stereocenters. The molecule has 2 fully saturated rings. The number of piperazine rings is 1. The molecule has 0 saturated carbocycles. The van der Waals surface area contributed by atoms with Crippen LogP contribution < -0.4 is 20.3 Å². The maximum Gasteiger partial charge on any atom is 0.298 e. The van der Waals surface area contributed by atoms with Crippen LogP contribution in [0.25, 0.3) is 10.9 Å². The summed E-state index contributed by atoms with van der Waals surface area (Å²) in [6.45, 7) is 6.27. The summed E-state index contributed by atoms with van der Waals surface area (Å²) in [5.74, 6) is 0.286. The molecule has 2 saturated heterocycles. The van der Waals surface area contributed by atoms with Crippen LogP contribution in [0.3, 0.4) is 0 Å². The minimum absolute atomic E-state index is 0.143. The van der Waals surface area contributed by atoms with E-state index in [-0.39, 0.29) is 17.5 Å². The van der Waals surface area contributed by atoms with Crippen molar-refractivity contribution in [3.05, 3.63) is 30.3 Å². The first kappa shape index (κ1) is 23.2. The molecule has 2 aliphatic heterocycles. The number of nitrogens with zero attached hydrogens (tertiary/aromatic N) is 5. The number of rotatable bonds is 6. The van der Waals surface area contributed by atoms with Crippen LogP contribution in [-0.2, 0) is 4.79 Å². The van der Waals surface area contributed by atoms with Crippen LogP contribution in [0.1, 0.15) is 42.7 Å². The van der Waals surface area contributed by atoms with Gasteiger partial charge >= 0.3 is 0 Å². The van der Waals surface area contributed by atoms with Crippen LogP contribution in [0.5, 0.6) is 5.75 Å². The molecule has 2 N–H and O–H groups in total. The van der Waals surface area contributed by atoms with E-state index in [4.69, 9.17) is 14.3 Å². The Labute approximate surface area is 203 Å². The standard InChI is InChI=1S/C24H31N7O4/c1-3-22(32)29-8-10-30(11-9-29)24-27-20(15-35-24)23(33)26-19-12-16-14-31(17-4-6-25-7-5-17)28-18(16)13-21(19)34-2/h12-15,17,25H,3-11H2,1-2H3,(H,26,33). The average molecular weight is 482 g/mol. The lowest BCUT2D eigenvalue weighted by Gasteiger charge is -2.33. The molecule has 1 aromatic carbocycles. The van der Waals surface area contributed by atoms with Crippen LogP contribution in [0.15, 0.2) is 29.0 Å². The predicted molar refractivity (Wildman–Crippen MR) is 131 cm³/mol. The van der Waals surface area contributed by atoms with Gasteiger partial charge in [0.1, 0.15) is 12.0 Å². The van der Waals surface area contributed by atoms with E-state index >= 15 is 0 Å². The predicted octanol–water partition coefficient (Wildman–Crippen LogP) is 2.27. The maximum atomic E-state index is 13.0. The van der Waals surface area contributed by atoms with Crippen molar-refractivity contribution in [1.29, 1.82) is 0 Å². The summed E-state index contributed by atoms with van der Waals surface area (Å²) in [6.07, 6.45) is 5.95. The van der Waals surface area contributed by atoms with Gasteiger partial charge in [0.2, 0.25) is 5.91 Å². The van der Waals surface area contributed by atoms with Crippen LogP contribution >= 0.6 is 0 Å². The first-order valence-electron chi connectivity index (χ1n) is 12.1. The van der Waals surface area contributed by atoms with Gasteiger partial charge in [0.15, 0.2) is 5.69 Å². The molecule has 11 nitrogen and oxygen atoms in total. The Morgan fingerprint density at radius 1 is 1.20 bits per heavy atom. The van der Waals surface area contributed by atoms with Gasteiger partial charge in [0, 0.05) is 50.2 Å². The summed E-state index contributed by atoms with van der Waals surface area (Å²) in [7, 11) is 1.57. The molecule has 0 spiro atoms. The van der Waals surface area contributed by atoms with Crippen molar-refractivity contribution in [2.45, 2.75) is 32.2 Å². The van der Waals surface area contributed by atoms with Gasteiger partial charge in [-0.15, -0.1) is 0 Å². The third kappa shape index (κ3) is 4.81. The molecular weight excluding hydrogens is 450 g/mol. The molecule has 0 aliphatic carbocycles. The summed E-state index contributed by atoms with van der Waals surface area (Å²) in [6, 6.07) is 4.46. The summed E-state index contributed by atoms with van der Waals surface area (Å²) >= 11 is 0. The normalized spacial score (nSPS) is 17.1. The Morgan fingerprint density at radius 2 is 1.97 bits per heavy atom. The van der Waals surface area contributed by atoms with E-state index in [0.29, 0.717) is 56.1 Å². The van der Waals surface area contributed by atoms with E-state index in [2.05, 4.69) is 15.6 Å². The molecule has 2 amide bonds. The summed E-state index contributed by atoms with van der Waals surface area (Å²) in [4.78, 5) is 33.0. The number of carbonyl (C=O) groups is 2. The Kier molecular flexibility index (Phi) is 6.58. The highest BCUT2D eigenvalue weighted by Gasteiger charge is 2.24. The molecule has 3 aromatic rings. The first-order chi connectivity index (χ1) is 17.1. The molecule has 35 heavy (non-hydrogen) atoms. The lowest BCUT2D eigenvalue weighted by Crippen LogP contribution is -2.48. The van der Waals surface area contributed by atoms with Gasteiger partial charge in [-0.1, -0.05) is 6.92 Å². The molecule has 0 radical (unpaired) electrons. The van der Waals surface area contributed by atoms with Gasteiger partial charge in [0.25, 0.3) is 11.9 Å². The van der Waals surface area contributed by atoms with Crippen LogP contribution in [0.2, 0.25) is 0 Å². The zero-order chi connectivity index (χ0) is 24.4. The minimum atomic E-state index is -0.386. The Balaban J connectivity index is 1.29. The minimum Gasteiger partial charge on any atom is -0.494 e. The van der Waals surface area contributed by atoms with Gasteiger partial charge in [-0.2, -0.15) is 10.1 Å². The maximum absolute atomic E-state index is 13.0. The number of anilines is 2. The molecule has 4 heterocycles. The van der Waals surface area contributed by atoms with Crippen LogP contribution in [0, 0.1) is 0 Å². The molecule has 186 valence electrons. The van der Waals surface area contributed by atoms with Gasteiger partial charge in [-0.05, 0) is 32.0 Å². The number of piperidine rings is 1. The quantitative estimate of drug-likeness (QED) is 0.551. The number of hydrogen-bond donors (Lipinski definition) is 2. The van der Waals surface area contributed by atoms with E-state index < -0.39 is 0 Å². The fraction of sp³-hybridized carbons (Fsp3) is 0.500. The van der Waals surface area contributed by atoms with E-state index in [1.54, 1.807) is 7.11 Å². The fourth-order valence-electron chi connectivity index (χ4n) is 4.67. The highest BCUT2D eigenvalue weighted by molar-refractivity contribution is 6.05. The summed E-state index contributed by atoms with van der Waals surface area (Å²) < 4.78 is 13.1. The molecular formula is C24H31N7O4. The third-order valence-electron chi connectivity index (χ3n) is 6.70. The third-order valence-corrected chi connectivity index (χ3v) is 6.70. The second-order valence-corrected chi connectivity index (χ2v) is 8.89. The average Bonchev–Trinajstić information content (AvgIpc) is 3.56. The number of nitrogens with one attached hydrogen (secondary N) is 2. The van der Waals surface area contributed by atoms with Crippen molar-refractivity contribution in [3.8, 4) is 5.75 Å². The first-order valence-corrected chi connectivity index (χ1v) is 12.1. The smallest absolute Gasteiger partial charge is 0.298 e. The van der Waals surface area contributed by atoms with Gasteiger partial charge < -0.3 is 29.6 Å². The zero-order valence-corrected chi connectivity index (χ0v) is 20.1. The van der Waals surface area contributed by atoms with Crippen LogP contribution in [0.4, 0.5) is 11.7 Å². The highest BCUT2D eigenvalue weighted by atomic mass is 16.5. The lowest BCUT2D eigenvalue weighted by molar-refractivity contribution is -0.131. The molecule has 0 bridgehead atoms. The molecule has 5 rings (SSSR count). The number of carbonyl (C=O) groups excluding carboxylic acids is 2. The zero-order valence-electron chi connectivity index (χ0n) is 20.1. The Morgan fingerprint density at radius 3 is 2.69 bits per heavy atom. The van der Waals surface area contributed by atoms with Gasteiger partial charge in [-0.25, -0.2) is 0 Å². The number of oxazole rings is 1. The topological polar surface area (TPSA) is 118 Å². The van der Waals surface area contributed by atoms with Crippen molar-refractivity contribution >= 4 is 34.4 Å². The SMILES string of the molecule is CCC(=O)N1CCN(c2nc(C(=O)Nc3cc4cn(C5CCNCC5)nc4cc3OC)co2)CC1. The molecule has 2 aliphatic rings. The van der Waals surface area contributed by atoms with Gasteiger partial charge in [0.05, 0.1) is 24.4 Å². The van der Waals surface area contributed by atoms with E-state index in [1.165, 1.54) is 6.26 Å². The number of hydrogen-bond acceptors (Lipinski definition) is 8. The van der Waals surface area contributed by atoms with Gasteiger partial charge in [-0.3, -0.25) is 14.3 Å². The van der Waals surface area contributed by atoms with Crippen molar-refractivity contribution in [2.75, 3.05) is 56.6 Å². The number of ether oxygens (including phenoxy) is 1. The monoisotopic (exact) mass is 481 g/mol. The van der Waals surface area contributed by atoms with E-state index in [1.807, 2.05) is 39.7 Å². The van der Waals surface area contributed by atoms with Crippen molar-refractivity contribution in [2.24, 2.45) is 0 Å². The van der Waals surface area contributed by atoms with Crippen molar-refractivity contribution < 1.29 is 18.7 Å². The van der Waals surface area contributed by atoms with Crippen molar-refractivity contribution in [3.63, 3.8) is 0 Å². The number of fused-ring (bicyclic) bond motifs is 1. The highest BCUT2D eigenvalue weighted by Crippen LogP contribution is 2.32. The number of methoxy groups -OCH3 is 1. The number of amides is 2. The molecule has 11 heteroatoms. The van der Waals surface area contributed by atoms with E-state index in [0.717, 1.165) is 36.8 Å². The second-order valence-electron chi connectivity index (χ2n) is 8.89. The van der Waals surface area contributed by atoms with Crippen LogP contribution in [-0.4, -0.2) is 77.9 Å². The second kappa shape index (κ2) is 9.95. The summed E-state index contributed by atoms with van der Waals surface area (Å²) in [5.41, 5.74) is 1.55. The fourth-order valence-corrected chi connectivity index (χ4v) is 4.67.